The van der Waals surface area contributed by atoms with Crippen LogP contribution in [0.5, 0.6) is 0 Å². The van der Waals surface area contributed by atoms with Crippen LogP contribution in [-0.4, -0.2) is 52.0 Å². The zero-order valence-corrected chi connectivity index (χ0v) is 17.4. The van der Waals surface area contributed by atoms with E-state index in [1.54, 1.807) is 4.90 Å². The summed E-state index contributed by atoms with van der Waals surface area (Å²) in [6, 6.07) is 16.8. The van der Waals surface area contributed by atoms with Gasteiger partial charge in [0.25, 0.3) is 0 Å². The molecule has 154 valence electrons. The van der Waals surface area contributed by atoms with Gasteiger partial charge in [-0.05, 0) is 30.0 Å². The molecule has 1 atom stereocenters. The molecule has 7 heteroatoms. The average Bonchev–Trinajstić information content (AvgIpc) is 2.71. The molecule has 0 spiro atoms. The van der Waals surface area contributed by atoms with Crippen LogP contribution in [-0.2, 0) is 16.0 Å². The van der Waals surface area contributed by atoms with E-state index in [1.807, 2.05) is 42.5 Å². The first-order valence-corrected chi connectivity index (χ1v) is 10.4. The molecule has 2 N–H and O–H groups in total. The Hall–Kier alpha value is -2.80. The third kappa shape index (κ3) is 7.62. The molecule has 0 fully saturated rings. The van der Waals surface area contributed by atoms with Gasteiger partial charge in [-0.1, -0.05) is 66.4 Å². The number of carboxylic acid groups (broad SMARTS) is 1. The molecule has 1 unspecified atom stereocenters. The van der Waals surface area contributed by atoms with Crippen LogP contribution < -0.4 is 5.32 Å². The zero-order chi connectivity index (χ0) is 21.2. The number of rotatable bonds is 9. The molecule has 0 saturated carbocycles. The van der Waals surface area contributed by atoms with Crippen LogP contribution in [0.3, 0.4) is 0 Å². The Kier molecular flexibility index (Phi) is 8.73. The number of hydrogen-bond acceptors (Lipinski definition) is 4. The van der Waals surface area contributed by atoms with Crippen molar-refractivity contribution >= 4 is 28.9 Å². The number of carbonyl (C=O) groups is 3. The Morgan fingerprint density at radius 1 is 1.00 bits per heavy atom. The lowest BCUT2D eigenvalue weighted by Crippen LogP contribution is -2.48. The maximum absolute atomic E-state index is 12.5. The van der Waals surface area contributed by atoms with Crippen molar-refractivity contribution in [1.29, 1.82) is 0 Å². The number of carboxylic acids is 1. The Morgan fingerprint density at radius 2 is 1.62 bits per heavy atom. The SMILES string of the molecule is CC(=O)SCCN(CCc1ccc(-c2ccccc2)cc1)C(=O)NC(C)C(=O)O. The molecule has 0 saturated heterocycles. The lowest BCUT2D eigenvalue weighted by molar-refractivity contribution is -0.138. The van der Waals surface area contributed by atoms with Gasteiger partial charge >= 0.3 is 12.0 Å². The number of urea groups is 1. The molecule has 6 nitrogen and oxygen atoms in total. The van der Waals surface area contributed by atoms with Crippen molar-refractivity contribution in [2.24, 2.45) is 0 Å². The van der Waals surface area contributed by atoms with Crippen molar-refractivity contribution < 1.29 is 19.5 Å². The van der Waals surface area contributed by atoms with Gasteiger partial charge < -0.3 is 15.3 Å². The highest BCUT2D eigenvalue weighted by Crippen LogP contribution is 2.19. The van der Waals surface area contributed by atoms with Crippen molar-refractivity contribution in [1.82, 2.24) is 10.2 Å². The number of benzene rings is 2. The van der Waals surface area contributed by atoms with Crippen LogP contribution in [0, 0.1) is 0 Å². The van der Waals surface area contributed by atoms with Crippen LogP contribution in [0.1, 0.15) is 19.4 Å². The smallest absolute Gasteiger partial charge is 0.325 e. The first-order valence-electron chi connectivity index (χ1n) is 9.43. The number of nitrogens with zero attached hydrogens (tertiary/aromatic N) is 1. The third-order valence-corrected chi connectivity index (χ3v) is 5.19. The van der Waals surface area contributed by atoms with E-state index in [9.17, 15) is 14.4 Å². The summed E-state index contributed by atoms with van der Waals surface area (Å²) < 4.78 is 0. The lowest BCUT2D eigenvalue weighted by Gasteiger charge is -2.24. The van der Waals surface area contributed by atoms with Crippen LogP contribution in [0.15, 0.2) is 54.6 Å². The fourth-order valence-corrected chi connectivity index (χ4v) is 3.31. The van der Waals surface area contributed by atoms with Gasteiger partial charge in [0.1, 0.15) is 6.04 Å². The van der Waals surface area contributed by atoms with Gasteiger partial charge in [-0.25, -0.2) is 4.79 Å². The fraction of sp³-hybridized carbons (Fsp3) is 0.318. The lowest BCUT2D eigenvalue weighted by atomic mass is 10.0. The molecule has 2 aromatic carbocycles. The highest BCUT2D eigenvalue weighted by atomic mass is 32.2. The quantitative estimate of drug-likeness (QED) is 0.654. The van der Waals surface area contributed by atoms with Crippen LogP contribution in [0.4, 0.5) is 4.79 Å². The second-order valence-electron chi connectivity index (χ2n) is 6.65. The normalized spacial score (nSPS) is 11.5. The van der Waals surface area contributed by atoms with E-state index >= 15 is 0 Å². The number of nitrogens with one attached hydrogen (secondary N) is 1. The van der Waals surface area contributed by atoms with Gasteiger partial charge in [-0.15, -0.1) is 0 Å². The van der Waals surface area contributed by atoms with Crippen LogP contribution in [0.25, 0.3) is 11.1 Å². The van der Waals surface area contributed by atoms with E-state index in [0.29, 0.717) is 25.3 Å². The van der Waals surface area contributed by atoms with Crippen LogP contribution >= 0.6 is 11.8 Å². The van der Waals surface area contributed by atoms with Crippen LogP contribution in [0.2, 0.25) is 0 Å². The molecular weight excluding hydrogens is 388 g/mol. The minimum atomic E-state index is -1.09. The predicted octanol–water partition coefficient (Wildman–Crippen LogP) is 3.66. The standard InChI is InChI=1S/C22H26N2O4S/c1-16(21(26)27)23-22(28)24(14-15-29-17(2)25)13-12-18-8-10-20(11-9-18)19-6-4-3-5-7-19/h3-11,16H,12-15H2,1-2H3,(H,23,28)(H,26,27). The van der Waals surface area contributed by atoms with Gasteiger partial charge in [-0.3, -0.25) is 9.59 Å². The number of amides is 2. The minimum absolute atomic E-state index is 0.0132. The zero-order valence-electron chi connectivity index (χ0n) is 16.6. The molecule has 2 rings (SSSR count). The second kappa shape index (κ2) is 11.3. The van der Waals surface area contributed by atoms with Gasteiger partial charge in [0, 0.05) is 25.8 Å². The molecule has 29 heavy (non-hydrogen) atoms. The summed E-state index contributed by atoms with van der Waals surface area (Å²) >= 11 is 1.15. The van der Waals surface area contributed by atoms with Crippen molar-refractivity contribution in [3.63, 3.8) is 0 Å². The summed E-state index contributed by atoms with van der Waals surface area (Å²) in [7, 11) is 0. The van der Waals surface area contributed by atoms with Crippen molar-refractivity contribution in [2.45, 2.75) is 26.3 Å². The van der Waals surface area contributed by atoms with E-state index in [2.05, 4.69) is 17.4 Å². The summed E-state index contributed by atoms with van der Waals surface area (Å²) in [5.74, 6) is -0.621. The highest BCUT2D eigenvalue weighted by molar-refractivity contribution is 8.13. The Labute approximate surface area is 175 Å². The average molecular weight is 415 g/mol. The van der Waals surface area contributed by atoms with Gasteiger partial charge in [0.05, 0.1) is 0 Å². The second-order valence-corrected chi connectivity index (χ2v) is 7.92. The number of carbonyl (C=O) groups excluding carboxylic acids is 2. The molecule has 0 aliphatic carbocycles. The minimum Gasteiger partial charge on any atom is -0.480 e. The van der Waals surface area contributed by atoms with E-state index in [1.165, 1.54) is 13.8 Å². The van der Waals surface area contributed by atoms with Gasteiger partial charge in [0.15, 0.2) is 5.12 Å². The first-order chi connectivity index (χ1) is 13.9. The Bertz CT molecular complexity index is 824. The van der Waals surface area contributed by atoms with Gasteiger partial charge in [-0.2, -0.15) is 0 Å². The van der Waals surface area contributed by atoms with Gasteiger partial charge in [0.2, 0.25) is 0 Å². The van der Waals surface area contributed by atoms with Crippen molar-refractivity contribution in [3.8, 4) is 11.1 Å². The molecule has 0 bridgehead atoms. The first kappa shape index (κ1) is 22.5. The summed E-state index contributed by atoms with van der Waals surface area (Å²) in [6.07, 6.45) is 0.634. The topological polar surface area (TPSA) is 86.7 Å². The van der Waals surface area contributed by atoms with Crippen molar-refractivity contribution in [3.05, 3.63) is 60.2 Å². The molecule has 0 heterocycles. The summed E-state index contributed by atoms with van der Waals surface area (Å²) in [5.41, 5.74) is 3.34. The predicted molar refractivity (Wildman–Crippen MR) is 116 cm³/mol. The summed E-state index contributed by atoms with van der Waals surface area (Å²) in [4.78, 5) is 36.2. The largest absolute Gasteiger partial charge is 0.480 e. The molecule has 2 aromatic rings. The maximum Gasteiger partial charge on any atom is 0.325 e. The summed E-state index contributed by atoms with van der Waals surface area (Å²) in [6.45, 7) is 3.70. The Morgan fingerprint density at radius 3 is 2.21 bits per heavy atom. The number of aliphatic carboxylic acids is 1. The molecular formula is C22H26N2O4S. The number of thioether (sulfide) groups is 1. The van der Waals surface area contributed by atoms with E-state index in [-0.39, 0.29) is 5.12 Å². The van der Waals surface area contributed by atoms with Crippen molar-refractivity contribution in [2.75, 3.05) is 18.8 Å². The maximum atomic E-state index is 12.5. The molecule has 0 radical (unpaired) electrons. The molecule has 0 aliphatic heterocycles. The molecule has 2 amide bonds. The van der Waals surface area contributed by atoms with E-state index in [4.69, 9.17) is 5.11 Å². The highest BCUT2D eigenvalue weighted by Gasteiger charge is 2.19. The number of hydrogen-bond donors (Lipinski definition) is 2. The fourth-order valence-electron chi connectivity index (χ4n) is 2.71. The third-order valence-electron chi connectivity index (χ3n) is 4.40. The Balaban J connectivity index is 1.99. The summed E-state index contributed by atoms with van der Waals surface area (Å²) in [5, 5.41) is 11.5. The monoisotopic (exact) mass is 414 g/mol. The van der Waals surface area contributed by atoms with E-state index in [0.717, 1.165) is 28.5 Å². The molecule has 0 aromatic heterocycles. The van der Waals surface area contributed by atoms with E-state index < -0.39 is 18.0 Å². The molecule has 0 aliphatic rings.